The van der Waals surface area contributed by atoms with Gasteiger partial charge in [0.1, 0.15) is 5.75 Å². The van der Waals surface area contributed by atoms with Crippen LogP contribution < -0.4 is 24.8 Å². The normalized spacial score (nSPS) is 12.8. The maximum Gasteiger partial charge on any atom is 0.262 e. The highest BCUT2D eigenvalue weighted by atomic mass is 16.5. The van der Waals surface area contributed by atoms with E-state index in [2.05, 4.69) is 10.6 Å². The molecule has 1 heterocycles. The minimum Gasteiger partial charge on any atom is -0.493 e. The third kappa shape index (κ3) is 3.94. The van der Waals surface area contributed by atoms with E-state index >= 15 is 0 Å². The van der Waals surface area contributed by atoms with Crippen LogP contribution in [0.3, 0.4) is 0 Å². The molecule has 134 valence electrons. The molecule has 2 amide bonds. The van der Waals surface area contributed by atoms with Crippen LogP contribution in [0.2, 0.25) is 0 Å². The lowest BCUT2D eigenvalue weighted by atomic mass is 10.2. The van der Waals surface area contributed by atoms with E-state index in [1.54, 1.807) is 50.6 Å². The fraction of sp³-hybridized carbons (Fsp3) is 0.158. The molecule has 0 saturated heterocycles. The number of fused-ring (bicyclic) bond motifs is 1. The molecule has 0 radical (unpaired) electrons. The van der Waals surface area contributed by atoms with Crippen molar-refractivity contribution in [3.05, 3.63) is 48.0 Å². The summed E-state index contributed by atoms with van der Waals surface area (Å²) in [4.78, 5) is 23.5. The maximum atomic E-state index is 12.1. The summed E-state index contributed by atoms with van der Waals surface area (Å²) < 4.78 is 15.7. The first-order valence-electron chi connectivity index (χ1n) is 7.87. The minimum atomic E-state index is -0.303. The molecule has 26 heavy (non-hydrogen) atoms. The molecule has 1 aliphatic heterocycles. The van der Waals surface area contributed by atoms with Crippen molar-refractivity contribution in [3.63, 3.8) is 0 Å². The van der Waals surface area contributed by atoms with Crippen molar-refractivity contribution >= 4 is 29.3 Å². The van der Waals surface area contributed by atoms with Crippen molar-refractivity contribution in [1.82, 2.24) is 0 Å². The SMILES string of the molecule is COc1ccc(/C=C/C(=O)Nc2ccc3c(c2)NC(=O)CO3)cc1OC. The molecule has 0 saturated carbocycles. The highest BCUT2D eigenvalue weighted by Gasteiger charge is 2.16. The van der Waals surface area contributed by atoms with Gasteiger partial charge in [-0.25, -0.2) is 0 Å². The molecular formula is C19H18N2O5. The molecular weight excluding hydrogens is 336 g/mol. The van der Waals surface area contributed by atoms with Crippen LogP contribution in [0, 0.1) is 0 Å². The standard InChI is InChI=1S/C19H18N2O5/c1-24-16-6-3-12(9-17(16)25-2)4-8-18(22)20-13-5-7-15-14(10-13)21-19(23)11-26-15/h3-10H,11H2,1-2H3,(H,20,22)(H,21,23)/b8-4+. The quantitative estimate of drug-likeness (QED) is 0.807. The number of amides is 2. The maximum absolute atomic E-state index is 12.1. The van der Waals surface area contributed by atoms with Crippen molar-refractivity contribution in [1.29, 1.82) is 0 Å². The molecule has 2 aromatic carbocycles. The lowest BCUT2D eigenvalue weighted by Gasteiger charge is -2.18. The average Bonchev–Trinajstić information content (AvgIpc) is 2.65. The monoisotopic (exact) mass is 354 g/mol. The van der Waals surface area contributed by atoms with E-state index in [4.69, 9.17) is 14.2 Å². The van der Waals surface area contributed by atoms with Gasteiger partial charge in [-0.05, 0) is 42.0 Å². The van der Waals surface area contributed by atoms with Gasteiger partial charge in [-0.3, -0.25) is 9.59 Å². The molecule has 7 nitrogen and oxygen atoms in total. The largest absolute Gasteiger partial charge is 0.493 e. The molecule has 1 aliphatic rings. The van der Waals surface area contributed by atoms with Gasteiger partial charge in [0.25, 0.3) is 5.91 Å². The number of benzene rings is 2. The number of nitrogens with one attached hydrogen (secondary N) is 2. The molecule has 0 spiro atoms. The third-order valence-electron chi connectivity index (χ3n) is 3.71. The first-order chi connectivity index (χ1) is 12.6. The molecule has 2 N–H and O–H groups in total. The molecule has 0 fully saturated rings. The second-order valence-electron chi connectivity index (χ2n) is 5.48. The molecule has 0 bridgehead atoms. The van der Waals surface area contributed by atoms with Crippen LogP contribution in [0.15, 0.2) is 42.5 Å². The van der Waals surface area contributed by atoms with Crippen molar-refractivity contribution in [2.45, 2.75) is 0 Å². The van der Waals surface area contributed by atoms with Crippen molar-refractivity contribution in [2.24, 2.45) is 0 Å². The van der Waals surface area contributed by atoms with Gasteiger partial charge in [0, 0.05) is 11.8 Å². The van der Waals surface area contributed by atoms with Crippen molar-refractivity contribution in [3.8, 4) is 17.2 Å². The summed E-state index contributed by atoms with van der Waals surface area (Å²) >= 11 is 0. The van der Waals surface area contributed by atoms with Crippen LogP contribution in [0.25, 0.3) is 6.08 Å². The summed E-state index contributed by atoms with van der Waals surface area (Å²) in [7, 11) is 3.11. The van der Waals surface area contributed by atoms with E-state index in [1.807, 2.05) is 6.07 Å². The summed E-state index contributed by atoms with van der Waals surface area (Å²) in [6.07, 6.45) is 3.08. The lowest BCUT2D eigenvalue weighted by Crippen LogP contribution is -2.25. The fourth-order valence-corrected chi connectivity index (χ4v) is 2.47. The highest BCUT2D eigenvalue weighted by Crippen LogP contribution is 2.30. The summed E-state index contributed by atoms with van der Waals surface area (Å²) in [6.45, 7) is -0.00718. The second-order valence-corrected chi connectivity index (χ2v) is 5.48. The number of hydrogen-bond acceptors (Lipinski definition) is 5. The zero-order valence-corrected chi connectivity index (χ0v) is 14.4. The van der Waals surface area contributed by atoms with E-state index < -0.39 is 0 Å². The summed E-state index contributed by atoms with van der Waals surface area (Å²) in [5, 5.41) is 5.44. The second kappa shape index (κ2) is 7.60. The van der Waals surface area contributed by atoms with Crippen LogP contribution in [0.5, 0.6) is 17.2 Å². The number of carbonyl (C=O) groups excluding carboxylic acids is 2. The van der Waals surface area contributed by atoms with E-state index in [-0.39, 0.29) is 18.4 Å². The van der Waals surface area contributed by atoms with Crippen LogP contribution >= 0.6 is 0 Å². The topological polar surface area (TPSA) is 85.9 Å². The van der Waals surface area contributed by atoms with Crippen molar-refractivity contribution in [2.75, 3.05) is 31.5 Å². The Balaban J connectivity index is 1.68. The molecule has 3 rings (SSSR count). The van der Waals surface area contributed by atoms with Gasteiger partial charge in [-0.2, -0.15) is 0 Å². The minimum absolute atomic E-state index is 0.00718. The zero-order valence-electron chi connectivity index (χ0n) is 14.4. The summed E-state index contributed by atoms with van der Waals surface area (Å²) in [5.74, 6) is 1.24. The average molecular weight is 354 g/mol. The summed E-state index contributed by atoms with van der Waals surface area (Å²) in [6, 6.07) is 10.4. The predicted octanol–water partition coefficient (Wildman–Crippen LogP) is 2.69. The highest BCUT2D eigenvalue weighted by molar-refractivity contribution is 6.03. The van der Waals surface area contributed by atoms with E-state index in [9.17, 15) is 9.59 Å². The Bertz CT molecular complexity index is 876. The smallest absolute Gasteiger partial charge is 0.262 e. The first kappa shape index (κ1) is 17.3. The number of rotatable bonds is 5. The Labute approximate surface area is 150 Å². The number of carbonyl (C=O) groups is 2. The van der Waals surface area contributed by atoms with Crippen LogP contribution in [0.4, 0.5) is 11.4 Å². The Kier molecular flexibility index (Phi) is 5.07. The molecule has 0 unspecified atom stereocenters. The number of hydrogen-bond donors (Lipinski definition) is 2. The molecule has 7 heteroatoms. The van der Waals surface area contributed by atoms with Gasteiger partial charge in [-0.15, -0.1) is 0 Å². The van der Waals surface area contributed by atoms with E-state index in [0.717, 1.165) is 5.56 Å². The molecule has 2 aromatic rings. The summed E-state index contributed by atoms with van der Waals surface area (Å²) in [5.41, 5.74) is 1.88. The Morgan fingerprint density at radius 1 is 1.15 bits per heavy atom. The van der Waals surface area contributed by atoms with Crippen LogP contribution in [-0.2, 0) is 9.59 Å². The van der Waals surface area contributed by atoms with Crippen LogP contribution in [-0.4, -0.2) is 32.6 Å². The van der Waals surface area contributed by atoms with Gasteiger partial charge >= 0.3 is 0 Å². The number of ether oxygens (including phenoxy) is 3. The number of anilines is 2. The Morgan fingerprint density at radius 2 is 1.96 bits per heavy atom. The number of methoxy groups -OCH3 is 2. The first-order valence-corrected chi connectivity index (χ1v) is 7.87. The Hall–Kier alpha value is -3.48. The lowest BCUT2D eigenvalue weighted by molar-refractivity contribution is -0.118. The van der Waals surface area contributed by atoms with Gasteiger partial charge in [0.2, 0.25) is 5.91 Å². The van der Waals surface area contributed by atoms with E-state index in [1.165, 1.54) is 6.08 Å². The zero-order chi connectivity index (χ0) is 18.5. The van der Waals surface area contributed by atoms with Crippen LogP contribution in [0.1, 0.15) is 5.56 Å². The fourth-order valence-electron chi connectivity index (χ4n) is 2.47. The van der Waals surface area contributed by atoms with Gasteiger partial charge in [-0.1, -0.05) is 6.07 Å². The molecule has 0 atom stereocenters. The third-order valence-corrected chi connectivity index (χ3v) is 3.71. The molecule has 0 aliphatic carbocycles. The Morgan fingerprint density at radius 3 is 2.73 bits per heavy atom. The molecule has 0 aromatic heterocycles. The van der Waals surface area contributed by atoms with Gasteiger partial charge in [0.15, 0.2) is 18.1 Å². The predicted molar refractivity (Wildman–Crippen MR) is 97.8 cm³/mol. The van der Waals surface area contributed by atoms with Crippen molar-refractivity contribution < 1.29 is 23.8 Å². The van der Waals surface area contributed by atoms with Gasteiger partial charge in [0.05, 0.1) is 19.9 Å². The van der Waals surface area contributed by atoms with Gasteiger partial charge < -0.3 is 24.8 Å². The van der Waals surface area contributed by atoms with E-state index in [0.29, 0.717) is 28.6 Å².